The summed E-state index contributed by atoms with van der Waals surface area (Å²) in [5.74, 6) is 1.55. The predicted molar refractivity (Wildman–Crippen MR) is 70.5 cm³/mol. The SMILES string of the molecule is CCN1CCCC(Nc2cc(Cl)nc(C)n2)C1. The lowest BCUT2D eigenvalue weighted by molar-refractivity contribution is 0.226. The molecule has 5 heteroatoms. The molecule has 1 unspecified atom stereocenters. The number of aryl methyl sites for hydroxylation is 1. The standard InChI is InChI=1S/C12H19ClN4/c1-3-17-6-4-5-10(8-17)16-12-7-11(13)14-9(2)15-12/h7,10H,3-6,8H2,1-2H3,(H,14,15,16). The normalized spacial score (nSPS) is 21.5. The molecule has 0 aromatic carbocycles. The van der Waals surface area contributed by atoms with Gasteiger partial charge in [-0.3, -0.25) is 0 Å². The molecule has 1 aromatic heterocycles. The molecule has 94 valence electrons. The van der Waals surface area contributed by atoms with Gasteiger partial charge in [-0.05, 0) is 32.9 Å². The van der Waals surface area contributed by atoms with Gasteiger partial charge in [0.1, 0.15) is 16.8 Å². The summed E-state index contributed by atoms with van der Waals surface area (Å²) in [6.45, 7) is 7.46. The first-order valence-corrected chi connectivity index (χ1v) is 6.55. The van der Waals surface area contributed by atoms with Gasteiger partial charge in [-0.2, -0.15) is 0 Å². The summed E-state index contributed by atoms with van der Waals surface area (Å²) in [6, 6.07) is 2.26. The van der Waals surface area contributed by atoms with E-state index in [9.17, 15) is 0 Å². The van der Waals surface area contributed by atoms with Crippen molar-refractivity contribution in [1.82, 2.24) is 14.9 Å². The van der Waals surface area contributed by atoms with E-state index in [2.05, 4.69) is 27.1 Å². The maximum absolute atomic E-state index is 5.92. The summed E-state index contributed by atoms with van der Waals surface area (Å²) in [4.78, 5) is 10.9. The molecule has 0 aliphatic carbocycles. The van der Waals surface area contributed by atoms with Crippen LogP contribution in [-0.2, 0) is 0 Å². The first-order valence-electron chi connectivity index (χ1n) is 6.17. The first-order chi connectivity index (χ1) is 8.17. The van der Waals surface area contributed by atoms with Crippen LogP contribution in [0.3, 0.4) is 0 Å². The van der Waals surface area contributed by atoms with Crippen LogP contribution in [0.5, 0.6) is 0 Å². The smallest absolute Gasteiger partial charge is 0.134 e. The van der Waals surface area contributed by atoms with E-state index in [4.69, 9.17) is 11.6 Å². The molecule has 1 saturated heterocycles. The van der Waals surface area contributed by atoms with Crippen molar-refractivity contribution in [3.63, 3.8) is 0 Å². The number of nitrogens with zero attached hydrogens (tertiary/aromatic N) is 3. The molecular formula is C12H19ClN4. The first kappa shape index (κ1) is 12.6. The lowest BCUT2D eigenvalue weighted by Gasteiger charge is -2.32. The topological polar surface area (TPSA) is 41.0 Å². The van der Waals surface area contributed by atoms with Crippen molar-refractivity contribution >= 4 is 17.4 Å². The Balaban J connectivity index is 2.00. The fraction of sp³-hybridized carbons (Fsp3) is 0.667. The van der Waals surface area contributed by atoms with Crippen molar-refractivity contribution in [1.29, 1.82) is 0 Å². The molecule has 0 amide bonds. The summed E-state index contributed by atoms with van der Waals surface area (Å²) >= 11 is 5.92. The number of halogens is 1. The second-order valence-corrected chi connectivity index (χ2v) is 4.89. The Bertz CT molecular complexity index is 363. The van der Waals surface area contributed by atoms with Crippen molar-refractivity contribution in [3.8, 4) is 0 Å². The van der Waals surface area contributed by atoms with Crippen LogP contribution < -0.4 is 5.32 Å². The molecule has 0 spiro atoms. The molecule has 1 aliphatic rings. The highest BCUT2D eigenvalue weighted by molar-refractivity contribution is 6.29. The molecule has 17 heavy (non-hydrogen) atoms. The number of anilines is 1. The van der Waals surface area contributed by atoms with Gasteiger partial charge >= 0.3 is 0 Å². The van der Waals surface area contributed by atoms with Crippen LogP contribution in [-0.4, -0.2) is 40.5 Å². The van der Waals surface area contributed by atoms with Gasteiger partial charge in [-0.25, -0.2) is 9.97 Å². The highest BCUT2D eigenvalue weighted by atomic mass is 35.5. The van der Waals surface area contributed by atoms with Crippen LogP contribution in [0, 0.1) is 6.92 Å². The highest BCUT2D eigenvalue weighted by Crippen LogP contribution is 2.16. The van der Waals surface area contributed by atoms with Gasteiger partial charge in [-0.15, -0.1) is 0 Å². The van der Waals surface area contributed by atoms with E-state index in [0.717, 1.165) is 18.9 Å². The summed E-state index contributed by atoms with van der Waals surface area (Å²) < 4.78 is 0. The van der Waals surface area contributed by atoms with E-state index >= 15 is 0 Å². The number of likely N-dealkylation sites (N-methyl/N-ethyl adjacent to an activating group) is 1. The Morgan fingerprint density at radius 2 is 2.35 bits per heavy atom. The van der Waals surface area contributed by atoms with Gasteiger partial charge in [0.15, 0.2) is 0 Å². The number of aromatic nitrogens is 2. The lowest BCUT2D eigenvalue weighted by Crippen LogP contribution is -2.42. The molecule has 2 rings (SSSR count). The quantitative estimate of drug-likeness (QED) is 0.841. The largest absolute Gasteiger partial charge is 0.366 e. The average molecular weight is 255 g/mol. The zero-order valence-corrected chi connectivity index (χ0v) is 11.2. The van der Waals surface area contributed by atoms with Crippen LogP contribution in [0.2, 0.25) is 5.15 Å². The van der Waals surface area contributed by atoms with Gasteiger partial charge < -0.3 is 10.2 Å². The van der Waals surface area contributed by atoms with Crippen molar-refractivity contribution < 1.29 is 0 Å². The van der Waals surface area contributed by atoms with Gasteiger partial charge in [0.05, 0.1) is 0 Å². The van der Waals surface area contributed by atoms with E-state index < -0.39 is 0 Å². The van der Waals surface area contributed by atoms with Crippen LogP contribution in [0.1, 0.15) is 25.6 Å². The van der Waals surface area contributed by atoms with Crippen LogP contribution >= 0.6 is 11.6 Å². The predicted octanol–water partition coefficient (Wildman–Crippen LogP) is 2.33. The molecule has 2 heterocycles. The molecule has 1 N–H and O–H groups in total. The highest BCUT2D eigenvalue weighted by Gasteiger charge is 2.18. The van der Waals surface area contributed by atoms with E-state index in [1.54, 1.807) is 6.07 Å². The Morgan fingerprint density at radius 1 is 1.53 bits per heavy atom. The minimum absolute atomic E-state index is 0.467. The number of hydrogen-bond donors (Lipinski definition) is 1. The second-order valence-electron chi connectivity index (χ2n) is 4.50. The molecular weight excluding hydrogens is 236 g/mol. The molecule has 0 bridgehead atoms. The maximum atomic E-state index is 5.92. The lowest BCUT2D eigenvalue weighted by atomic mass is 10.1. The third-order valence-corrected chi connectivity index (χ3v) is 3.31. The number of nitrogens with one attached hydrogen (secondary N) is 1. The number of piperidine rings is 1. The summed E-state index contributed by atoms with van der Waals surface area (Å²) in [5, 5.41) is 3.95. The molecule has 1 atom stereocenters. The zero-order valence-electron chi connectivity index (χ0n) is 10.4. The molecule has 1 fully saturated rings. The number of likely N-dealkylation sites (tertiary alicyclic amines) is 1. The Labute approximate surface area is 107 Å². The molecule has 4 nitrogen and oxygen atoms in total. The van der Waals surface area contributed by atoms with E-state index in [0.29, 0.717) is 17.0 Å². The van der Waals surface area contributed by atoms with Gasteiger partial charge in [-0.1, -0.05) is 18.5 Å². The maximum Gasteiger partial charge on any atom is 0.134 e. The molecule has 0 saturated carbocycles. The minimum atomic E-state index is 0.467. The van der Waals surface area contributed by atoms with Crippen molar-refractivity contribution in [2.24, 2.45) is 0 Å². The van der Waals surface area contributed by atoms with E-state index in [-0.39, 0.29) is 0 Å². The number of rotatable bonds is 3. The molecule has 1 aromatic rings. The fourth-order valence-electron chi connectivity index (χ4n) is 2.27. The van der Waals surface area contributed by atoms with Crippen molar-refractivity contribution in [2.45, 2.75) is 32.7 Å². The third kappa shape index (κ3) is 3.54. The van der Waals surface area contributed by atoms with E-state index in [1.165, 1.54) is 19.4 Å². The van der Waals surface area contributed by atoms with Gasteiger partial charge in [0.25, 0.3) is 0 Å². The Morgan fingerprint density at radius 3 is 3.06 bits per heavy atom. The van der Waals surface area contributed by atoms with Crippen molar-refractivity contribution in [2.75, 3.05) is 25.0 Å². The summed E-state index contributed by atoms with van der Waals surface area (Å²) in [5.41, 5.74) is 0. The zero-order chi connectivity index (χ0) is 12.3. The Hall–Kier alpha value is -0.870. The molecule has 1 aliphatic heterocycles. The summed E-state index contributed by atoms with van der Waals surface area (Å²) in [6.07, 6.45) is 2.43. The molecule has 0 radical (unpaired) electrons. The minimum Gasteiger partial charge on any atom is -0.366 e. The van der Waals surface area contributed by atoms with Gasteiger partial charge in [0.2, 0.25) is 0 Å². The number of hydrogen-bond acceptors (Lipinski definition) is 4. The fourth-order valence-corrected chi connectivity index (χ4v) is 2.50. The monoisotopic (exact) mass is 254 g/mol. The van der Waals surface area contributed by atoms with Crippen LogP contribution in [0.25, 0.3) is 0 Å². The third-order valence-electron chi connectivity index (χ3n) is 3.11. The summed E-state index contributed by atoms with van der Waals surface area (Å²) in [7, 11) is 0. The van der Waals surface area contributed by atoms with Gasteiger partial charge in [0, 0.05) is 18.7 Å². The van der Waals surface area contributed by atoms with E-state index in [1.807, 2.05) is 6.92 Å². The van der Waals surface area contributed by atoms with Crippen molar-refractivity contribution in [3.05, 3.63) is 17.0 Å². The Kier molecular flexibility index (Phi) is 4.18. The van der Waals surface area contributed by atoms with Crippen LogP contribution in [0.15, 0.2) is 6.07 Å². The average Bonchev–Trinajstić information content (AvgIpc) is 2.28. The second kappa shape index (κ2) is 5.65. The van der Waals surface area contributed by atoms with Crippen LogP contribution in [0.4, 0.5) is 5.82 Å².